The van der Waals surface area contributed by atoms with Crippen LogP contribution >= 0.6 is 15.9 Å². The summed E-state index contributed by atoms with van der Waals surface area (Å²) in [5, 5.41) is 0. The first-order chi connectivity index (χ1) is 8.90. The Kier molecular flexibility index (Phi) is 3.82. The number of nitrogens with two attached hydrogens (primary N) is 1. The molecular formula is C13H16BrN5. The van der Waals surface area contributed by atoms with Crippen LogP contribution in [0.25, 0.3) is 11.5 Å². The lowest BCUT2D eigenvalue weighted by atomic mass is 9.92. The van der Waals surface area contributed by atoms with Crippen LogP contribution in [-0.2, 0) is 5.41 Å². The summed E-state index contributed by atoms with van der Waals surface area (Å²) in [6, 6.07) is 5.62. The lowest BCUT2D eigenvalue weighted by molar-refractivity contribution is 0.568. The van der Waals surface area contributed by atoms with E-state index in [2.05, 4.69) is 57.1 Å². The highest BCUT2D eigenvalue weighted by molar-refractivity contribution is 9.10. The maximum atomic E-state index is 5.46. The van der Waals surface area contributed by atoms with Gasteiger partial charge in [-0.05, 0) is 28.1 Å². The number of rotatable bonds is 2. The smallest absolute Gasteiger partial charge is 0.180 e. The van der Waals surface area contributed by atoms with Crippen LogP contribution in [0.2, 0.25) is 0 Å². The number of nitrogen functional groups attached to an aromatic ring is 1. The second-order valence-corrected chi connectivity index (χ2v) is 6.13. The van der Waals surface area contributed by atoms with E-state index in [1.807, 2.05) is 18.2 Å². The molecule has 0 aliphatic heterocycles. The van der Waals surface area contributed by atoms with Crippen molar-refractivity contribution in [2.45, 2.75) is 26.2 Å². The zero-order valence-electron chi connectivity index (χ0n) is 11.1. The van der Waals surface area contributed by atoms with Crippen molar-refractivity contribution in [2.75, 3.05) is 5.43 Å². The molecule has 0 fully saturated rings. The minimum absolute atomic E-state index is 0.0847. The Morgan fingerprint density at radius 1 is 1.21 bits per heavy atom. The van der Waals surface area contributed by atoms with E-state index in [9.17, 15) is 0 Å². The van der Waals surface area contributed by atoms with Crippen LogP contribution in [0.5, 0.6) is 0 Å². The van der Waals surface area contributed by atoms with Gasteiger partial charge in [0.25, 0.3) is 0 Å². The monoisotopic (exact) mass is 321 g/mol. The van der Waals surface area contributed by atoms with Gasteiger partial charge in [-0.25, -0.2) is 15.8 Å². The SMILES string of the molecule is CC(C)(C)c1cc(NN)nc(-c2ccc(Br)cn2)n1. The van der Waals surface area contributed by atoms with E-state index in [1.165, 1.54) is 0 Å². The van der Waals surface area contributed by atoms with Crippen LogP contribution in [-0.4, -0.2) is 15.0 Å². The fourth-order valence-electron chi connectivity index (χ4n) is 1.53. The molecule has 0 saturated heterocycles. The summed E-state index contributed by atoms with van der Waals surface area (Å²) < 4.78 is 0.917. The van der Waals surface area contributed by atoms with Crippen molar-refractivity contribution in [3.63, 3.8) is 0 Å². The third-order valence-electron chi connectivity index (χ3n) is 2.60. The molecule has 0 aromatic carbocycles. The molecule has 0 spiro atoms. The molecule has 3 N–H and O–H groups in total. The van der Waals surface area contributed by atoms with Gasteiger partial charge in [0.15, 0.2) is 5.82 Å². The lowest BCUT2D eigenvalue weighted by Crippen LogP contribution is -2.17. The Bertz CT molecular complexity index is 575. The molecule has 100 valence electrons. The highest BCUT2D eigenvalue weighted by atomic mass is 79.9. The van der Waals surface area contributed by atoms with Gasteiger partial charge in [-0.1, -0.05) is 20.8 Å². The Labute approximate surface area is 120 Å². The van der Waals surface area contributed by atoms with Crippen molar-refractivity contribution >= 4 is 21.7 Å². The molecule has 0 atom stereocenters. The van der Waals surface area contributed by atoms with Gasteiger partial charge in [0, 0.05) is 22.2 Å². The summed E-state index contributed by atoms with van der Waals surface area (Å²) in [6.07, 6.45) is 1.72. The first-order valence-corrected chi connectivity index (χ1v) is 6.67. The summed E-state index contributed by atoms with van der Waals surface area (Å²) in [5.41, 5.74) is 4.11. The summed E-state index contributed by atoms with van der Waals surface area (Å²) in [4.78, 5) is 13.2. The number of hydrazine groups is 1. The molecule has 6 heteroatoms. The predicted molar refractivity (Wildman–Crippen MR) is 79.5 cm³/mol. The van der Waals surface area contributed by atoms with Gasteiger partial charge >= 0.3 is 0 Å². The van der Waals surface area contributed by atoms with Gasteiger partial charge in [-0.15, -0.1) is 0 Å². The van der Waals surface area contributed by atoms with Crippen molar-refractivity contribution < 1.29 is 0 Å². The second kappa shape index (κ2) is 5.22. The van der Waals surface area contributed by atoms with Crippen molar-refractivity contribution in [2.24, 2.45) is 5.84 Å². The summed E-state index contributed by atoms with van der Waals surface area (Å²) in [6.45, 7) is 6.28. The van der Waals surface area contributed by atoms with E-state index >= 15 is 0 Å². The molecule has 0 amide bonds. The minimum atomic E-state index is -0.0847. The Morgan fingerprint density at radius 3 is 2.47 bits per heavy atom. The molecule has 2 heterocycles. The van der Waals surface area contributed by atoms with Crippen molar-refractivity contribution in [3.05, 3.63) is 34.6 Å². The lowest BCUT2D eigenvalue weighted by Gasteiger charge is -2.19. The number of nitrogens with zero attached hydrogens (tertiary/aromatic N) is 3. The minimum Gasteiger partial charge on any atom is -0.308 e. The van der Waals surface area contributed by atoms with Crippen LogP contribution in [0.4, 0.5) is 5.82 Å². The molecule has 0 saturated carbocycles. The molecular weight excluding hydrogens is 306 g/mol. The van der Waals surface area contributed by atoms with Crippen LogP contribution in [0, 0.1) is 0 Å². The van der Waals surface area contributed by atoms with Crippen LogP contribution in [0.15, 0.2) is 28.9 Å². The number of halogens is 1. The number of nitrogens with one attached hydrogen (secondary N) is 1. The molecule has 5 nitrogen and oxygen atoms in total. The van der Waals surface area contributed by atoms with Crippen molar-refractivity contribution in [3.8, 4) is 11.5 Å². The zero-order valence-corrected chi connectivity index (χ0v) is 12.7. The molecule has 0 unspecified atom stereocenters. The normalized spacial score (nSPS) is 11.4. The highest BCUT2D eigenvalue weighted by Crippen LogP contribution is 2.25. The standard InChI is InChI=1S/C13H16BrN5/c1-13(2,3)10-6-11(19-15)18-12(17-10)9-5-4-8(14)7-16-9/h4-7H,15H2,1-3H3,(H,17,18,19). The molecule has 0 radical (unpaired) electrons. The maximum Gasteiger partial charge on any atom is 0.180 e. The fourth-order valence-corrected chi connectivity index (χ4v) is 1.76. The van der Waals surface area contributed by atoms with Crippen LogP contribution in [0.1, 0.15) is 26.5 Å². The van der Waals surface area contributed by atoms with Crippen LogP contribution in [0.3, 0.4) is 0 Å². The topological polar surface area (TPSA) is 76.7 Å². The van der Waals surface area contributed by atoms with E-state index in [0.29, 0.717) is 17.3 Å². The van der Waals surface area contributed by atoms with Gasteiger partial charge < -0.3 is 5.43 Å². The van der Waals surface area contributed by atoms with E-state index in [-0.39, 0.29) is 5.41 Å². The molecule has 2 rings (SSSR count). The fraction of sp³-hybridized carbons (Fsp3) is 0.308. The Balaban J connectivity index is 2.54. The maximum absolute atomic E-state index is 5.46. The second-order valence-electron chi connectivity index (χ2n) is 5.22. The van der Waals surface area contributed by atoms with E-state index in [4.69, 9.17) is 5.84 Å². The molecule has 2 aromatic heterocycles. The van der Waals surface area contributed by atoms with Crippen molar-refractivity contribution in [1.29, 1.82) is 0 Å². The number of aromatic nitrogens is 3. The zero-order chi connectivity index (χ0) is 14.0. The average molecular weight is 322 g/mol. The van der Waals surface area contributed by atoms with Gasteiger partial charge in [-0.2, -0.15) is 0 Å². The molecule has 2 aromatic rings. The Hall–Kier alpha value is -1.53. The number of hydrogen-bond acceptors (Lipinski definition) is 5. The third-order valence-corrected chi connectivity index (χ3v) is 3.07. The van der Waals surface area contributed by atoms with Crippen LogP contribution < -0.4 is 11.3 Å². The quantitative estimate of drug-likeness (QED) is 0.657. The third kappa shape index (κ3) is 3.27. The van der Waals surface area contributed by atoms with E-state index < -0.39 is 0 Å². The predicted octanol–water partition coefficient (Wildman–Crippen LogP) is 2.88. The van der Waals surface area contributed by atoms with Gasteiger partial charge in [0.05, 0.1) is 5.69 Å². The summed E-state index contributed by atoms with van der Waals surface area (Å²) in [5.74, 6) is 6.61. The van der Waals surface area contributed by atoms with E-state index in [1.54, 1.807) is 6.20 Å². The van der Waals surface area contributed by atoms with Gasteiger partial charge in [-0.3, -0.25) is 4.98 Å². The molecule has 0 aliphatic carbocycles. The molecule has 0 bridgehead atoms. The summed E-state index contributed by atoms with van der Waals surface area (Å²) in [7, 11) is 0. The van der Waals surface area contributed by atoms with Gasteiger partial charge in [0.2, 0.25) is 0 Å². The first-order valence-electron chi connectivity index (χ1n) is 5.88. The summed E-state index contributed by atoms with van der Waals surface area (Å²) >= 11 is 3.36. The van der Waals surface area contributed by atoms with Crippen molar-refractivity contribution in [1.82, 2.24) is 15.0 Å². The molecule has 19 heavy (non-hydrogen) atoms. The molecule has 0 aliphatic rings. The largest absolute Gasteiger partial charge is 0.308 e. The average Bonchev–Trinajstić information content (AvgIpc) is 2.38. The number of anilines is 1. The first kappa shape index (κ1) is 13.9. The number of pyridine rings is 1. The highest BCUT2D eigenvalue weighted by Gasteiger charge is 2.18. The van der Waals surface area contributed by atoms with Gasteiger partial charge in [0.1, 0.15) is 11.5 Å². The number of hydrogen-bond donors (Lipinski definition) is 2. The Morgan fingerprint density at radius 2 is 1.95 bits per heavy atom. The van der Waals surface area contributed by atoms with E-state index in [0.717, 1.165) is 10.2 Å².